The summed E-state index contributed by atoms with van der Waals surface area (Å²) in [7, 11) is 0. The summed E-state index contributed by atoms with van der Waals surface area (Å²) in [6.45, 7) is 5.23. The smallest absolute Gasteiger partial charge is 0.293 e. The summed E-state index contributed by atoms with van der Waals surface area (Å²) in [5.41, 5.74) is 1.57. The molecular formula is C22H22ClNO4S. The first kappa shape index (κ1) is 21.3. The normalized spacial score (nSPS) is 15.3. The largest absolute Gasteiger partial charge is 0.490 e. The van der Waals surface area contributed by atoms with Crippen LogP contribution < -0.4 is 9.47 Å². The van der Waals surface area contributed by atoms with Gasteiger partial charge >= 0.3 is 0 Å². The summed E-state index contributed by atoms with van der Waals surface area (Å²) in [5.74, 6) is 0.969. The van der Waals surface area contributed by atoms with E-state index in [4.69, 9.17) is 21.1 Å². The fourth-order valence-electron chi connectivity index (χ4n) is 2.82. The van der Waals surface area contributed by atoms with Gasteiger partial charge in [0.25, 0.3) is 11.1 Å². The highest BCUT2D eigenvalue weighted by molar-refractivity contribution is 8.18. The molecule has 1 saturated heterocycles. The number of carbonyl (C=O) groups is 2. The van der Waals surface area contributed by atoms with Gasteiger partial charge in [-0.05, 0) is 66.6 Å². The monoisotopic (exact) mass is 431 g/mol. The Balaban J connectivity index is 1.80. The molecule has 1 aliphatic heterocycles. The summed E-state index contributed by atoms with van der Waals surface area (Å²) in [4.78, 5) is 26.7. The first-order valence-corrected chi connectivity index (χ1v) is 10.6. The van der Waals surface area contributed by atoms with Crippen LogP contribution in [-0.2, 0) is 11.3 Å². The number of imide groups is 1. The number of hydrogen-bond acceptors (Lipinski definition) is 5. The SMILES string of the molecule is CCCOc1ccc(/C=C2\SC(=O)N(Cc3cccc(Cl)c3)C2=O)cc1OCC. The number of thioether (sulfide) groups is 1. The molecule has 0 bridgehead atoms. The Kier molecular flexibility index (Phi) is 7.23. The minimum atomic E-state index is -0.316. The number of hydrogen-bond donors (Lipinski definition) is 0. The molecule has 0 aliphatic carbocycles. The Morgan fingerprint density at radius 1 is 1.07 bits per heavy atom. The summed E-state index contributed by atoms with van der Waals surface area (Å²) in [6, 6.07) is 12.6. The molecule has 0 unspecified atom stereocenters. The lowest BCUT2D eigenvalue weighted by atomic mass is 10.1. The molecule has 0 aromatic heterocycles. The van der Waals surface area contributed by atoms with Crippen LogP contribution in [0.3, 0.4) is 0 Å². The number of rotatable bonds is 8. The van der Waals surface area contributed by atoms with E-state index in [0.717, 1.165) is 29.3 Å². The van der Waals surface area contributed by atoms with E-state index in [0.29, 0.717) is 34.6 Å². The van der Waals surface area contributed by atoms with Crippen LogP contribution in [-0.4, -0.2) is 29.3 Å². The highest BCUT2D eigenvalue weighted by Crippen LogP contribution is 2.35. The lowest BCUT2D eigenvalue weighted by Crippen LogP contribution is -2.27. The molecule has 152 valence electrons. The van der Waals surface area contributed by atoms with E-state index < -0.39 is 0 Å². The van der Waals surface area contributed by atoms with Gasteiger partial charge < -0.3 is 9.47 Å². The quantitative estimate of drug-likeness (QED) is 0.497. The first-order valence-electron chi connectivity index (χ1n) is 9.41. The van der Waals surface area contributed by atoms with E-state index in [9.17, 15) is 9.59 Å². The summed E-state index contributed by atoms with van der Waals surface area (Å²) >= 11 is 6.93. The van der Waals surface area contributed by atoms with Crippen molar-refractivity contribution in [1.82, 2.24) is 4.90 Å². The van der Waals surface area contributed by atoms with E-state index in [1.807, 2.05) is 38.1 Å². The second-order valence-corrected chi connectivity index (χ2v) is 7.82. The van der Waals surface area contributed by atoms with Crippen LogP contribution in [0.1, 0.15) is 31.4 Å². The zero-order valence-electron chi connectivity index (χ0n) is 16.3. The Hall–Kier alpha value is -2.44. The number of carbonyl (C=O) groups excluding carboxylic acids is 2. The molecule has 0 N–H and O–H groups in total. The van der Waals surface area contributed by atoms with Crippen molar-refractivity contribution in [3.8, 4) is 11.5 Å². The first-order chi connectivity index (χ1) is 14.0. The molecule has 0 atom stereocenters. The highest BCUT2D eigenvalue weighted by atomic mass is 35.5. The van der Waals surface area contributed by atoms with Gasteiger partial charge in [-0.1, -0.05) is 36.7 Å². The number of nitrogens with zero attached hydrogens (tertiary/aromatic N) is 1. The van der Waals surface area contributed by atoms with Crippen LogP contribution in [0.2, 0.25) is 5.02 Å². The number of halogens is 1. The predicted octanol–water partition coefficient (Wildman–Crippen LogP) is 5.76. The van der Waals surface area contributed by atoms with Crippen molar-refractivity contribution < 1.29 is 19.1 Å². The molecule has 1 heterocycles. The van der Waals surface area contributed by atoms with Gasteiger partial charge in [-0.2, -0.15) is 0 Å². The van der Waals surface area contributed by atoms with E-state index in [1.54, 1.807) is 24.3 Å². The Bertz CT molecular complexity index is 944. The third-order valence-electron chi connectivity index (χ3n) is 4.13. The van der Waals surface area contributed by atoms with Gasteiger partial charge in [0.1, 0.15) is 0 Å². The molecule has 0 radical (unpaired) electrons. The molecule has 2 aromatic carbocycles. The third-order valence-corrected chi connectivity index (χ3v) is 5.27. The molecule has 1 aliphatic rings. The second kappa shape index (κ2) is 9.85. The fraction of sp³-hybridized carbons (Fsp3) is 0.273. The van der Waals surface area contributed by atoms with Crippen molar-refractivity contribution in [2.24, 2.45) is 0 Å². The van der Waals surface area contributed by atoms with Crippen molar-refractivity contribution in [2.45, 2.75) is 26.8 Å². The lowest BCUT2D eigenvalue weighted by molar-refractivity contribution is -0.123. The molecule has 2 amide bonds. The molecule has 7 heteroatoms. The molecular weight excluding hydrogens is 410 g/mol. The fourth-order valence-corrected chi connectivity index (χ4v) is 3.87. The molecule has 1 fully saturated rings. The van der Waals surface area contributed by atoms with Gasteiger partial charge in [-0.25, -0.2) is 0 Å². The zero-order chi connectivity index (χ0) is 20.8. The van der Waals surface area contributed by atoms with Gasteiger partial charge in [0.05, 0.1) is 24.7 Å². The minimum Gasteiger partial charge on any atom is -0.490 e. The van der Waals surface area contributed by atoms with Gasteiger partial charge in [0.2, 0.25) is 0 Å². The van der Waals surface area contributed by atoms with Crippen LogP contribution in [0, 0.1) is 0 Å². The summed E-state index contributed by atoms with van der Waals surface area (Å²) in [6.07, 6.45) is 2.60. The third kappa shape index (κ3) is 5.34. The molecule has 0 saturated carbocycles. The van der Waals surface area contributed by atoms with Crippen LogP contribution in [0.5, 0.6) is 11.5 Å². The van der Waals surface area contributed by atoms with Crippen LogP contribution in [0.25, 0.3) is 6.08 Å². The Labute approximate surface area is 179 Å². The average Bonchev–Trinajstić information content (AvgIpc) is 2.95. The standard InChI is InChI=1S/C22H22ClNO4S/c1-3-10-28-18-9-8-15(12-19(18)27-4-2)13-20-21(25)24(22(26)29-20)14-16-6-5-7-17(23)11-16/h5-9,11-13H,3-4,10,14H2,1-2H3/b20-13-. The van der Waals surface area contributed by atoms with Crippen molar-refractivity contribution in [1.29, 1.82) is 0 Å². The Morgan fingerprint density at radius 3 is 2.62 bits per heavy atom. The molecule has 29 heavy (non-hydrogen) atoms. The van der Waals surface area contributed by atoms with E-state index in [-0.39, 0.29) is 17.7 Å². The van der Waals surface area contributed by atoms with Crippen molar-refractivity contribution >= 4 is 40.6 Å². The highest BCUT2D eigenvalue weighted by Gasteiger charge is 2.35. The Morgan fingerprint density at radius 2 is 1.90 bits per heavy atom. The topological polar surface area (TPSA) is 55.8 Å². The molecule has 0 spiro atoms. The van der Waals surface area contributed by atoms with Crippen LogP contribution in [0.4, 0.5) is 4.79 Å². The van der Waals surface area contributed by atoms with E-state index in [2.05, 4.69) is 0 Å². The summed E-state index contributed by atoms with van der Waals surface area (Å²) < 4.78 is 11.4. The maximum atomic E-state index is 12.8. The van der Waals surface area contributed by atoms with E-state index >= 15 is 0 Å². The van der Waals surface area contributed by atoms with E-state index in [1.165, 1.54) is 4.90 Å². The number of ether oxygens (including phenoxy) is 2. The minimum absolute atomic E-state index is 0.191. The summed E-state index contributed by atoms with van der Waals surface area (Å²) in [5, 5.41) is 0.271. The predicted molar refractivity (Wildman–Crippen MR) is 116 cm³/mol. The molecule has 2 aromatic rings. The lowest BCUT2D eigenvalue weighted by Gasteiger charge is -2.13. The molecule has 5 nitrogen and oxygen atoms in total. The van der Waals surface area contributed by atoms with Gasteiger partial charge in [0.15, 0.2) is 11.5 Å². The number of amides is 2. The second-order valence-electron chi connectivity index (χ2n) is 6.39. The van der Waals surface area contributed by atoms with Crippen LogP contribution >= 0.6 is 23.4 Å². The van der Waals surface area contributed by atoms with Crippen molar-refractivity contribution in [3.05, 3.63) is 63.5 Å². The van der Waals surface area contributed by atoms with Crippen molar-refractivity contribution in [3.63, 3.8) is 0 Å². The van der Waals surface area contributed by atoms with Gasteiger partial charge in [0, 0.05) is 5.02 Å². The zero-order valence-corrected chi connectivity index (χ0v) is 17.9. The maximum Gasteiger partial charge on any atom is 0.293 e. The molecule has 3 rings (SSSR count). The van der Waals surface area contributed by atoms with Crippen molar-refractivity contribution in [2.75, 3.05) is 13.2 Å². The van der Waals surface area contributed by atoms with Gasteiger partial charge in [-0.15, -0.1) is 0 Å². The van der Waals surface area contributed by atoms with Crippen LogP contribution in [0.15, 0.2) is 47.4 Å². The average molecular weight is 432 g/mol. The maximum absolute atomic E-state index is 12.8. The van der Waals surface area contributed by atoms with Gasteiger partial charge in [-0.3, -0.25) is 14.5 Å². The number of benzene rings is 2.